The second-order valence-corrected chi connectivity index (χ2v) is 8.93. The van der Waals surface area contributed by atoms with Gasteiger partial charge < -0.3 is 78.9 Å². The summed E-state index contributed by atoms with van der Waals surface area (Å²) in [5.74, 6) is 0. The van der Waals surface area contributed by atoms with Crippen LogP contribution < -0.4 is 34.4 Å². The number of ether oxygens (including phenoxy) is 4. The predicted molar refractivity (Wildman–Crippen MR) is 112 cm³/mol. The lowest BCUT2D eigenvalue weighted by Gasteiger charge is -2.48. The van der Waals surface area contributed by atoms with Crippen LogP contribution in [0, 0.1) is 0 Å². The molecule has 17 N–H and O–H groups in total. The molecule has 0 spiro atoms. The smallest absolute Gasteiger partial charge is 0.186 e. The first-order chi connectivity index (χ1) is 15.5. The average molecular weight is 483 g/mol. The minimum absolute atomic E-state index is 0.0981. The molecule has 15 nitrogen and oxygen atoms in total. The second-order valence-electron chi connectivity index (χ2n) is 8.93. The van der Waals surface area contributed by atoms with E-state index in [0.717, 1.165) is 0 Å². The molecule has 0 aromatic heterocycles. The molecule has 1 aliphatic carbocycles. The van der Waals surface area contributed by atoms with Crippen molar-refractivity contribution < 1.29 is 44.5 Å². The minimum Gasteiger partial charge on any atom is -0.389 e. The van der Waals surface area contributed by atoms with Crippen molar-refractivity contribution in [3.63, 3.8) is 0 Å². The van der Waals surface area contributed by atoms with E-state index in [4.69, 9.17) is 53.3 Å². The summed E-state index contributed by atoms with van der Waals surface area (Å²) in [5.41, 5.74) is 35.3. The van der Waals surface area contributed by atoms with E-state index in [1.165, 1.54) is 0 Å². The van der Waals surface area contributed by atoms with Crippen LogP contribution in [0.5, 0.6) is 0 Å². The second kappa shape index (κ2) is 11.0. The molecule has 3 aliphatic rings. The normalized spacial score (nSPS) is 53.7. The van der Waals surface area contributed by atoms with Crippen LogP contribution in [0.4, 0.5) is 0 Å². The highest BCUT2D eigenvalue weighted by atomic mass is 16.7. The van der Waals surface area contributed by atoms with Gasteiger partial charge in [-0.3, -0.25) is 0 Å². The molecule has 15 atom stereocenters. The molecule has 2 aliphatic heterocycles. The molecule has 194 valence electrons. The topological polar surface area (TPSA) is 294 Å². The van der Waals surface area contributed by atoms with E-state index in [-0.39, 0.29) is 19.5 Å². The van der Waals surface area contributed by atoms with Gasteiger partial charge in [0.2, 0.25) is 0 Å². The Labute approximate surface area is 190 Å². The van der Waals surface area contributed by atoms with Gasteiger partial charge in [0.25, 0.3) is 0 Å². The van der Waals surface area contributed by atoms with E-state index >= 15 is 0 Å². The third-order valence-corrected chi connectivity index (χ3v) is 6.62. The number of hydrogen-bond donors (Lipinski definition) is 11. The molecule has 0 unspecified atom stereocenters. The largest absolute Gasteiger partial charge is 0.389 e. The summed E-state index contributed by atoms with van der Waals surface area (Å²) < 4.78 is 23.0. The van der Waals surface area contributed by atoms with Crippen LogP contribution in [0.1, 0.15) is 6.42 Å². The average Bonchev–Trinajstić information content (AvgIpc) is 2.79. The van der Waals surface area contributed by atoms with Crippen LogP contribution in [0.2, 0.25) is 0 Å². The van der Waals surface area contributed by atoms with Crippen LogP contribution in [-0.4, -0.2) is 130 Å². The Balaban J connectivity index is 1.80. The minimum atomic E-state index is -1.46. The summed E-state index contributed by atoms with van der Waals surface area (Å²) in [6.07, 6.45) is -13.4. The number of hydrogen-bond acceptors (Lipinski definition) is 15. The van der Waals surface area contributed by atoms with E-state index in [2.05, 4.69) is 0 Å². The molecule has 0 aromatic carbocycles. The standard InChI is InChI=1S/C18H38N6O9/c19-2-6-11(26)8(23)14(29)18(31-6)33-16-10(25)4(21)1-5(22)15(16)32-17-9(24)13(28)12(27)7(3-20)30-17/h4-18,25-29H,1-3,19-24H2/t4-,5+,6-,7-,8-,9-,10+,11-,12-,13-,14-,15-,16-,17-,18+/m1/s1. The van der Waals surface area contributed by atoms with Crippen molar-refractivity contribution in [2.45, 2.75) is 98.1 Å². The molecule has 33 heavy (non-hydrogen) atoms. The van der Waals surface area contributed by atoms with E-state index < -0.39 is 91.7 Å². The van der Waals surface area contributed by atoms with E-state index in [0.29, 0.717) is 0 Å². The van der Waals surface area contributed by atoms with Crippen molar-refractivity contribution in [2.24, 2.45) is 34.4 Å². The van der Waals surface area contributed by atoms with Gasteiger partial charge in [-0.1, -0.05) is 0 Å². The summed E-state index contributed by atoms with van der Waals surface area (Å²) in [6, 6.07) is -3.85. The summed E-state index contributed by atoms with van der Waals surface area (Å²) in [5, 5.41) is 51.7. The van der Waals surface area contributed by atoms with Crippen molar-refractivity contribution in [2.75, 3.05) is 13.1 Å². The van der Waals surface area contributed by atoms with Gasteiger partial charge in [0.1, 0.15) is 42.7 Å². The monoisotopic (exact) mass is 482 g/mol. The van der Waals surface area contributed by atoms with Crippen molar-refractivity contribution in [3.8, 4) is 0 Å². The Morgan fingerprint density at radius 2 is 1.15 bits per heavy atom. The van der Waals surface area contributed by atoms with Crippen LogP contribution in [-0.2, 0) is 18.9 Å². The molecule has 1 saturated carbocycles. The Hall–Kier alpha value is -0.600. The maximum absolute atomic E-state index is 10.8. The highest BCUT2D eigenvalue weighted by molar-refractivity contribution is 5.02. The molecule has 2 heterocycles. The molecule has 0 bridgehead atoms. The summed E-state index contributed by atoms with van der Waals surface area (Å²) in [4.78, 5) is 0. The zero-order valence-electron chi connectivity index (χ0n) is 18.1. The molecular formula is C18H38N6O9. The number of aliphatic hydroxyl groups excluding tert-OH is 5. The molecule has 2 saturated heterocycles. The van der Waals surface area contributed by atoms with Gasteiger partial charge in [-0.2, -0.15) is 0 Å². The quantitative estimate of drug-likeness (QED) is 0.167. The summed E-state index contributed by atoms with van der Waals surface area (Å²) in [6.45, 7) is -0.211. The zero-order chi connectivity index (χ0) is 24.6. The van der Waals surface area contributed by atoms with Gasteiger partial charge in [0, 0.05) is 25.2 Å². The SMILES string of the molecule is NC[C@H]1O[C@@H](O[C@@H]2[C@@H](O)[C@H](N)C[C@H](N)[C@H]2O[C@H]2O[C@H](CN)[C@@H](O)[C@H](O)[C@H]2N)[C@H](O)[C@H](N)[C@@H]1O. The lowest BCUT2D eigenvalue weighted by Crippen LogP contribution is -2.69. The fourth-order valence-corrected chi connectivity index (χ4v) is 4.46. The Bertz CT molecular complexity index is 636. The molecule has 0 amide bonds. The molecular weight excluding hydrogens is 444 g/mol. The predicted octanol–water partition coefficient (Wildman–Crippen LogP) is -7.36. The van der Waals surface area contributed by atoms with Gasteiger partial charge in [-0.25, -0.2) is 0 Å². The maximum Gasteiger partial charge on any atom is 0.186 e. The van der Waals surface area contributed by atoms with Crippen LogP contribution in [0.15, 0.2) is 0 Å². The van der Waals surface area contributed by atoms with E-state index in [9.17, 15) is 25.5 Å². The zero-order valence-corrected chi connectivity index (χ0v) is 18.1. The van der Waals surface area contributed by atoms with Gasteiger partial charge in [-0.15, -0.1) is 0 Å². The first-order valence-electron chi connectivity index (χ1n) is 11.0. The van der Waals surface area contributed by atoms with E-state index in [1.807, 2.05) is 0 Å². The molecule has 0 aromatic rings. The Morgan fingerprint density at radius 1 is 0.606 bits per heavy atom. The highest BCUT2D eigenvalue weighted by Gasteiger charge is 2.51. The third-order valence-electron chi connectivity index (χ3n) is 6.62. The molecule has 3 fully saturated rings. The Kier molecular flexibility index (Phi) is 8.99. The first kappa shape index (κ1) is 27.0. The van der Waals surface area contributed by atoms with Gasteiger partial charge in [0.15, 0.2) is 12.6 Å². The molecule has 0 radical (unpaired) electrons. The third kappa shape index (κ3) is 5.32. The fraction of sp³-hybridized carbons (Fsp3) is 1.00. The van der Waals surface area contributed by atoms with Gasteiger partial charge >= 0.3 is 0 Å². The van der Waals surface area contributed by atoms with Crippen LogP contribution in [0.25, 0.3) is 0 Å². The van der Waals surface area contributed by atoms with Crippen LogP contribution in [0.3, 0.4) is 0 Å². The van der Waals surface area contributed by atoms with E-state index in [1.54, 1.807) is 0 Å². The number of aliphatic hydroxyl groups is 5. The summed E-state index contributed by atoms with van der Waals surface area (Å²) in [7, 11) is 0. The van der Waals surface area contributed by atoms with Gasteiger partial charge in [0.05, 0.1) is 24.3 Å². The lowest BCUT2D eigenvalue weighted by molar-refractivity contribution is -0.328. The number of nitrogens with two attached hydrogens (primary N) is 6. The lowest BCUT2D eigenvalue weighted by atomic mass is 9.84. The number of rotatable bonds is 6. The van der Waals surface area contributed by atoms with Crippen LogP contribution >= 0.6 is 0 Å². The summed E-state index contributed by atoms with van der Waals surface area (Å²) >= 11 is 0. The molecule has 3 rings (SSSR count). The molecule has 15 heteroatoms. The Morgan fingerprint density at radius 3 is 1.76 bits per heavy atom. The van der Waals surface area contributed by atoms with Crippen molar-refractivity contribution in [1.82, 2.24) is 0 Å². The maximum atomic E-state index is 10.8. The van der Waals surface area contributed by atoms with Gasteiger partial charge in [-0.05, 0) is 6.42 Å². The first-order valence-corrected chi connectivity index (χ1v) is 11.0. The van der Waals surface area contributed by atoms with Crippen molar-refractivity contribution >= 4 is 0 Å². The van der Waals surface area contributed by atoms with Crippen molar-refractivity contribution in [1.29, 1.82) is 0 Å². The van der Waals surface area contributed by atoms with Crippen molar-refractivity contribution in [3.05, 3.63) is 0 Å². The fourth-order valence-electron chi connectivity index (χ4n) is 4.46. The highest BCUT2D eigenvalue weighted by Crippen LogP contribution is 2.31.